The first-order valence-electron chi connectivity index (χ1n) is 5.10. The molecule has 1 nitrogen and oxygen atoms in total. The summed E-state index contributed by atoms with van der Waals surface area (Å²) in [5.74, 6) is 0.717. The molecule has 0 amide bonds. The molecule has 1 saturated carbocycles. The van der Waals surface area contributed by atoms with E-state index in [-0.39, 0.29) is 4.75 Å². The third kappa shape index (κ3) is 3.02. The van der Waals surface area contributed by atoms with Crippen LogP contribution in [0.5, 0.6) is 0 Å². The molecule has 0 aliphatic heterocycles. The van der Waals surface area contributed by atoms with Crippen LogP contribution in [0.1, 0.15) is 32.1 Å². The van der Waals surface area contributed by atoms with E-state index in [2.05, 4.69) is 4.98 Å². The summed E-state index contributed by atoms with van der Waals surface area (Å²) in [5.41, 5.74) is 0. The lowest BCUT2D eigenvalue weighted by molar-refractivity contribution is 0.425. The van der Waals surface area contributed by atoms with Crippen molar-refractivity contribution in [3.63, 3.8) is 0 Å². The Morgan fingerprint density at radius 1 is 1.40 bits per heavy atom. The first kappa shape index (κ1) is 12.0. The van der Waals surface area contributed by atoms with Crippen molar-refractivity contribution in [2.75, 3.05) is 5.88 Å². The zero-order valence-electron chi connectivity index (χ0n) is 8.34. The lowest BCUT2D eigenvalue weighted by atomic mass is 9.90. The van der Waals surface area contributed by atoms with E-state index in [1.54, 1.807) is 11.3 Å². The Labute approximate surface area is 109 Å². The molecule has 1 fully saturated rings. The fraction of sp³-hybridized carbons (Fsp3) is 0.700. The maximum Gasteiger partial charge on any atom is 0.152 e. The van der Waals surface area contributed by atoms with Crippen LogP contribution in [0.25, 0.3) is 0 Å². The van der Waals surface area contributed by atoms with Crippen LogP contribution in [0, 0.1) is 0 Å². The SMILES string of the molecule is ClCC1(Sc2nc(Cl)cs2)CCCCC1. The van der Waals surface area contributed by atoms with Crippen LogP contribution in [0.4, 0.5) is 0 Å². The van der Waals surface area contributed by atoms with Crippen LogP contribution in [-0.4, -0.2) is 15.6 Å². The molecule has 1 aromatic rings. The van der Waals surface area contributed by atoms with E-state index in [9.17, 15) is 0 Å². The molecule has 1 aromatic heterocycles. The zero-order valence-corrected chi connectivity index (χ0v) is 11.5. The Hall–Kier alpha value is 0.560. The number of nitrogens with zero attached hydrogens (tertiary/aromatic N) is 1. The van der Waals surface area contributed by atoms with E-state index in [1.165, 1.54) is 32.1 Å². The molecule has 1 heterocycles. The Morgan fingerprint density at radius 3 is 2.67 bits per heavy atom. The van der Waals surface area contributed by atoms with Crippen molar-refractivity contribution in [3.8, 4) is 0 Å². The molecule has 2 rings (SSSR count). The van der Waals surface area contributed by atoms with Gasteiger partial charge in [0.05, 0.1) is 0 Å². The fourth-order valence-corrected chi connectivity index (χ4v) is 5.01. The normalized spacial score (nSPS) is 20.4. The third-order valence-corrected chi connectivity index (χ3v) is 6.18. The summed E-state index contributed by atoms with van der Waals surface area (Å²) in [4.78, 5) is 4.29. The van der Waals surface area contributed by atoms with Gasteiger partial charge in [-0.1, -0.05) is 42.6 Å². The second-order valence-electron chi connectivity index (χ2n) is 3.92. The Balaban J connectivity index is 2.06. The molecule has 1 aliphatic rings. The predicted octanol–water partition coefficient (Wildman–Crippen LogP) is 4.83. The lowest BCUT2D eigenvalue weighted by Gasteiger charge is -2.33. The Bertz CT molecular complexity index is 321. The number of thioether (sulfide) groups is 1. The van der Waals surface area contributed by atoms with Gasteiger partial charge < -0.3 is 0 Å². The van der Waals surface area contributed by atoms with E-state index in [0.717, 1.165) is 10.2 Å². The molecule has 0 saturated heterocycles. The topological polar surface area (TPSA) is 12.9 Å². The zero-order chi connectivity index (χ0) is 10.7. The maximum atomic E-state index is 6.12. The number of thiazole rings is 1. The smallest absolute Gasteiger partial charge is 0.152 e. The molecule has 5 heteroatoms. The lowest BCUT2D eigenvalue weighted by Crippen LogP contribution is -2.29. The van der Waals surface area contributed by atoms with Gasteiger partial charge in [0.15, 0.2) is 4.34 Å². The standard InChI is InChI=1S/C10H13Cl2NS2/c11-7-10(4-2-1-3-5-10)15-9-13-8(12)6-14-9/h6H,1-5,7H2. The molecule has 0 bridgehead atoms. The fourth-order valence-electron chi connectivity index (χ4n) is 1.93. The van der Waals surface area contributed by atoms with Crippen molar-refractivity contribution in [3.05, 3.63) is 10.5 Å². The second kappa shape index (κ2) is 5.26. The van der Waals surface area contributed by atoms with Gasteiger partial charge in [-0.2, -0.15) is 0 Å². The summed E-state index contributed by atoms with van der Waals surface area (Å²) >= 11 is 15.4. The van der Waals surface area contributed by atoms with Crippen LogP contribution in [0.2, 0.25) is 5.15 Å². The van der Waals surface area contributed by atoms with Gasteiger partial charge in [0.2, 0.25) is 0 Å². The highest BCUT2D eigenvalue weighted by atomic mass is 35.5. The number of halogens is 2. The molecule has 15 heavy (non-hydrogen) atoms. The molecular weight excluding hydrogens is 269 g/mol. The van der Waals surface area contributed by atoms with Gasteiger partial charge in [-0.25, -0.2) is 4.98 Å². The number of alkyl halides is 1. The predicted molar refractivity (Wildman–Crippen MR) is 69.5 cm³/mol. The summed E-state index contributed by atoms with van der Waals surface area (Å²) < 4.78 is 1.27. The van der Waals surface area contributed by atoms with Gasteiger partial charge in [-0.05, 0) is 12.8 Å². The average molecular weight is 282 g/mol. The number of hydrogen-bond donors (Lipinski definition) is 0. The van der Waals surface area contributed by atoms with Gasteiger partial charge in [-0.15, -0.1) is 22.9 Å². The summed E-state index contributed by atoms with van der Waals surface area (Å²) in [6, 6.07) is 0. The van der Waals surface area contributed by atoms with E-state index in [1.807, 2.05) is 17.1 Å². The summed E-state index contributed by atoms with van der Waals surface area (Å²) in [6.07, 6.45) is 6.34. The minimum Gasteiger partial charge on any atom is -0.218 e. The van der Waals surface area contributed by atoms with Crippen LogP contribution in [-0.2, 0) is 0 Å². The molecule has 0 unspecified atom stereocenters. The van der Waals surface area contributed by atoms with Crippen molar-refractivity contribution in [2.45, 2.75) is 41.2 Å². The largest absolute Gasteiger partial charge is 0.218 e. The van der Waals surface area contributed by atoms with Crippen molar-refractivity contribution in [1.82, 2.24) is 4.98 Å². The Kier molecular flexibility index (Phi) is 4.22. The van der Waals surface area contributed by atoms with Crippen LogP contribution < -0.4 is 0 Å². The van der Waals surface area contributed by atoms with Crippen molar-refractivity contribution in [2.24, 2.45) is 0 Å². The molecule has 0 radical (unpaired) electrons. The molecule has 0 spiro atoms. The molecule has 84 valence electrons. The van der Waals surface area contributed by atoms with Crippen molar-refractivity contribution < 1.29 is 0 Å². The quantitative estimate of drug-likeness (QED) is 0.736. The highest BCUT2D eigenvalue weighted by Crippen LogP contribution is 2.45. The Morgan fingerprint density at radius 2 is 2.13 bits per heavy atom. The van der Waals surface area contributed by atoms with Crippen LogP contribution in [0.3, 0.4) is 0 Å². The summed E-state index contributed by atoms with van der Waals surface area (Å²) in [6.45, 7) is 0. The number of rotatable bonds is 3. The second-order valence-corrected chi connectivity index (χ2v) is 7.14. The molecule has 0 aromatic carbocycles. The average Bonchev–Trinajstić information content (AvgIpc) is 2.65. The van der Waals surface area contributed by atoms with Gasteiger partial charge in [0.25, 0.3) is 0 Å². The maximum absolute atomic E-state index is 6.12. The number of aromatic nitrogens is 1. The van der Waals surface area contributed by atoms with Crippen molar-refractivity contribution in [1.29, 1.82) is 0 Å². The molecular formula is C10H13Cl2NS2. The molecule has 0 N–H and O–H groups in total. The number of hydrogen-bond acceptors (Lipinski definition) is 3. The highest BCUT2D eigenvalue weighted by Gasteiger charge is 2.33. The first-order valence-corrected chi connectivity index (χ1v) is 7.71. The van der Waals surface area contributed by atoms with Crippen molar-refractivity contribution >= 4 is 46.3 Å². The van der Waals surface area contributed by atoms with E-state index in [4.69, 9.17) is 23.2 Å². The minimum absolute atomic E-state index is 0.209. The van der Waals surface area contributed by atoms with E-state index in [0.29, 0.717) is 5.15 Å². The van der Waals surface area contributed by atoms with Crippen LogP contribution in [0.15, 0.2) is 9.72 Å². The van der Waals surface area contributed by atoms with Gasteiger partial charge in [0, 0.05) is 16.0 Å². The molecule has 1 aliphatic carbocycles. The first-order chi connectivity index (χ1) is 7.24. The molecule has 0 atom stereocenters. The van der Waals surface area contributed by atoms with E-state index < -0.39 is 0 Å². The van der Waals surface area contributed by atoms with E-state index >= 15 is 0 Å². The van der Waals surface area contributed by atoms with Gasteiger partial charge in [-0.3, -0.25) is 0 Å². The third-order valence-electron chi connectivity index (χ3n) is 2.77. The van der Waals surface area contributed by atoms with Crippen LogP contribution >= 0.6 is 46.3 Å². The summed E-state index contributed by atoms with van der Waals surface area (Å²) in [5, 5.41) is 2.48. The van der Waals surface area contributed by atoms with Gasteiger partial charge in [0.1, 0.15) is 5.15 Å². The minimum atomic E-state index is 0.209. The van der Waals surface area contributed by atoms with Gasteiger partial charge >= 0.3 is 0 Å². The summed E-state index contributed by atoms with van der Waals surface area (Å²) in [7, 11) is 0. The highest BCUT2D eigenvalue weighted by molar-refractivity contribution is 8.02. The monoisotopic (exact) mass is 281 g/mol.